The number of anilines is 1. The second-order valence-electron chi connectivity index (χ2n) is 5.83. The van der Waals surface area contributed by atoms with Crippen molar-refractivity contribution in [3.63, 3.8) is 0 Å². The van der Waals surface area contributed by atoms with Gasteiger partial charge in [0.05, 0.1) is 11.3 Å². The average Bonchev–Trinajstić information content (AvgIpc) is 2.79. The molecule has 1 N–H and O–H groups in total. The van der Waals surface area contributed by atoms with Crippen LogP contribution in [-0.2, 0) is 16.0 Å². The Bertz CT molecular complexity index is 615. The zero-order valence-corrected chi connectivity index (χ0v) is 12.2. The van der Waals surface area contributed by atoms with E-state index in [0.29, 0.717) is 18.7 Å². The van der Waals surface area contributed by atoms with E-state index in [-0.39, 0.29) is 5.56 Å². The highest BCUT2D eigenvalue weighted by Gasteiger charge is 2.33. The predicted molar refractivity (Wildman–Crippen MR) is 75.7 cm³/mol. The van der Waals surface area contributed by atoms with Gasteiger partial charge in [0, 0.05) is 6.54 Å². The smallest absolute Gasteiger partial charge is 0.414 e. The normalized spacial score (nSPS) is 13.8. The number of carbonyl (C=O) groups is 3. The number of hydrogen-bond donors (Lipinski definition) is 1. The van der Waals surface area contributed by atoms with E-state index in [2.05, 4.69) is 0 Å². The minimum Gasteiger partial charge on any atom is -0.475 e. The summed E-state index contributed by atoms with van der Waals surface area (Å²) >= 11 is 0. The Labute approximate surface area is 122 Å². The minimum absolute atomic E-state index is 0.0170. The molecular formula is C15H17NO5. The number of benzene rings is 1. The number of ketones is 1. The molecule has 0 spiro atoms. The summed E-state index contributed by atoms with van der Waals surface area (Å²) in [4.78, 5) is 36.2. The van der Waals surface area contributed by atoms with Crippen molar-refractivity contribution >= 4 is 23.5 Å². The van der Waals surface area contributed by atoms with E-state index >= 15 is 0 Å². The molecule has 0 bridgehead atoms. The molecule has 6 nitrogen and oxygen atoms in total. The SMILES string of the molecule is CC(C)(C)OC(=O)N1CCc2cccc(C(=O)C(=O)O)c21. The first-order valence-corrected chi connectivity index (χ1v) is 6.61. The molecule has 1 aliphatic heterocycles. The van der Waals surface area contributed by atoms with Gasteiger partial charge in [-0.2, -0.15) is 0 Å². The number of carboxylic acid groups (broad SMARTS) is 1. The summed E-state index contributed by atoms with van der Waals surface area (Å²) < 4.78 is 5.30. The third-order valence-electron chi connectivity index (χ3n) is 3.05. The summed E-state index contributed by atoms with van der Waals surface area (Å²) in [5, 5.41) is 8.89. The zero-order chi connectivity index (χ0) is 15.8. The van der Waals surface area contributed by atoms with Crippen LogP contribution in [0.25, 0.3) is 0 Å². The molecule has 0 unspecified atom stereocenters. The van der Waals surface area contributed by atoms with E-state index in [4.69, 9.17) is 9.84 Å². The lowest BCUT2D eigenvalue weighted by molar-refractivity contribution is -0.131. The maximum absolute atomic E-state index is 12.2. The van der Waals surface area contributed by atoms with E-state index in [9.17, 15) is 14.4 Å². The molecule has 0 saturated carbocycles. The highest BCUT2D eigenvalue weighted by atomic mass is 16.6. The van der Waals surface area contributed by atoms with Crippen LogP contribution in [0.15, 0.2) is 18.2 Å². The second kappa shape index (κ2) is 5.20. The zero-order valence-electron chi connectivity index (χ0n) is 12.2. The summed E-state index contributed by atoms with van der Waals surface area (Å²) in [5.41, 5.74) is 0.474. The number of hydrogen-bond acceptors (Lipinski definition) is 4. The van der Waals surface area contributed by atoms with Gasteiger partial charge in [-0.3, -0.25) is 9.69 Å². The standard InChI is InChI=1S/C15H17NO5/c1-15(2,3)21-14(20)16-8-7-9-5-4-6-10(11(9)16)12(17)13(18)19/h4-6H,7-8H2,1-3H3,(H,18,19). The van der Waals surface area contributed by atoms with Crippen molar-refractivity contribution in [3.05, 3.63) is 29.3 Å². The van der Waals surface area contributed by atoms with Gasteiger partial charge >= 0.3 is 12.1 Å². The van der Waals surface area contributed by atoms with Gasteiger partial charge in [0.15, 0.2) is 0 Å². The molecule has 0 fully saturated rings. The first-order chi connectivity index (χ1) is 9.70. The molecule has 0 radical (unpaired) electrons. The summed E-state index contributed by atoms with van der Waals surface area (Å²) in [6, 6.07) is 4.81. The molecule has 0 saturated heterocycles. The number of amides is 1. The number of ether oxygens (including phenoxy) is 1. The Morgan fingerprint density at radius 2 is 1.90 bits per heavy atom. The summed E-state index contributed by atoms with van der Waals surface area (Å²) in [6.45, 7) is 5.61. The van der Waals surface area contributed by atoms with Crippen LogP contribution >= 0.6 is 0 Å². The predicted octanol–water partition coefficient (Wildman–Crippen LogP) is 2.25. The third-order valence-corrected chi connectivity index (χ3v) is 3.05. The van der Waals surface area contributed by atoms with Gasteiger partial charge in [-0.25, -0.2) is 9.59 Å². The maximum Gasteiger partial charge on any atom is 0.414 e. The van der Waals surface area contributed by atoms with Gasteiger partial charge in [-0.05, 0) is 38.8 Å². The molecular weight excluding hydrogens is 274 g/mol. The molecule has 1 aromatic rings. The third kappa shape index (κ3) is 3.04. The summed E-state index contributed by atoms with van der Waals surface area (Å²) in [7, 11) is 0. The van der Waals surface area contributed by atoms with Gasteiger partial charge in [0.1, 0.15) is 5.60 Å². The summed E-state index contributed by atoms with van der Waals surface area (Å²) in [5.74, 6) is -2.57. The molecule has 112 valence electrons. The van der Waals surface area contributed by atoms with Crippen LogP contribution in [0.5, 0.6) is 0 Å². The van der Waals surface area contributed by atoms with Crippen LogP contribution in [0.3, 0.4) is 0 Å². The van der Waals surface area contributed by atoms with Crippen molar-refractivity contribution < 1.29 is 24.2 Å². The number of fused-ring (bicyclic) bond motifs is 1. The van der Waals surface area contributed by atoms with Crippen LogP contribution in [0.4, 0.5) is 10.5 Å². The molecule has 1 amide bonds. The average molecular weight is 291 g/mol. The molecule has 1 heterocycles. The van der Waals surface area contributed by atoms with Crippen molar-refractivity contribution in [3.8, 4) is 0 Å². The largest absolute Gasteiger partial charge is 0.475 e. The minimum atomic E-state index is -1.54. The molecule has 1 aliphatic rings. The number of nitrogens with zero attached hydrogens (tertiary/aromatic N) is 1. The number of Topliss-reactive ketones (excluding diaryl/α,β-unsaturated/α-hetero) is 1. The monoisotopic (exact) mass is 291 g/mol. The van der Waals surface area contributed by atoms with Crippen LogP contribution < -0.4 is 4.90 Å². The maximum atomic E-state index is 12.2. The number of carboxylic acids is 1. The van der Waals surface area contributed by atoms with Crippen molar-refractivity contribution in [1.82, 2.24) is 0 Å². The number of carbonyl (C=O) groups excluding carboxylic acids is 2. The van der Waals surface area contributed by atoms with Crippen LogP contribution in [0.1, 0.15) is 36.7 Å². The molecule has 0 atom stereocenters. The van der Waals surface area contributed by atoms with Gasteiger partial charge in [0.25, 0.3) is 5.78 Å². The van der Waals surface area contributed by atoms with Gasteiger partial charge in [0.2, 0.25) is 0 Å². The fourth-order valence-corrected chi connectivity index (χ4v) is 2.25. The Hall–Kier alpha value is -2.37. The molecule has 0 aliphatic carbocycles. The molecule has 0 aromatic heterocycles. The van der Waals surface area contributed by atoms with E-state index in [0.717, 1.165) is 5.56 Å². The van der Waals surface area contributed by atoms with E-state index < -0.39 is 23.4 Å². The van der Waals surface area contributed by atoms with Crippen LogP contribution in [0.2, 0.25) is 0 Å². The van der Waals surface area contributed by atoms with Gasteiger partial charge < -0.3 is 9.84 Å². The van der Waals surface area contributed by atoms with E-state index in [1.54, 1.807) is 32.9 Å². The number of rotatable bonds is 2. The van der Waals surface area contributed by atoms with Crippen molar-refractivity contribution in [2.24, 2.45) is 0 Å². The fourth-order valence-electron chi connectivity index (χ4n) is 2.25. The Morgan fingerprint density at radius 3 is 2.48 bits per heavy atom. The van der Waals surface area contributed by atoms with Gasteiger partial charge in [-0.1, -0.05) is 12.1 Å². The Morgan fingerprint density at radius 1 is 1.24 bits per heavy atom. The first kappa shape index (κ1) is 15.0. The van der Waals surface area contributed by atoms with Crippen molar-refractivity contribution in [2.75, 3.05) is 11.4 Å². The molecule has 2 rings (SSSR count). The first-order valence-electron chi connectivity index (χ1n) is 6.61. The quantitative estimate of drug-likeness (QED) is 0.667. The van der Waals surface area contributed by atoms with E-state index in [1.807, 2.05) is 0 Å². The Balaban J connectivity index is 2.40. The molecule has 1 aromatic carbocycles. The van der Waals surface area contributed by atoms with Crippen molar-refractivity contribution in [2.45, 2.75) is 32.8 Å². The number of aliphatic carboxylic acids is 1. The van der Waals surface area contributed by atoms with E-state index in [1.165, 1.54) is 11.0 Å². The highest BCUT2D eigenvalue weighted by Crippen LogP contribution is 2.33. The van der Waals surface area contributed by atoms with Crippen LogP contribution in [-0.4, -0.2) is 35.1 Å². The molecule has 21 heavy (non-hydrogen) atoms. The molecule has 6 heteroatoms. The lowest BCUT2D eigenvalue weighted by Gasteiger charge is -2.25. The topological polar surface area (TPSA) is 83.9 Å². The van der Waals surface area contributed by atoms with Crippen molar-refractivity contribution in [1.29, 1.82) is 0 Å². The lowest BCUT2D eigenvalue weighted by atomic mass is 10.0. The van der Waals surface area contributed by atoms with Gasteiger partial charge in [-0.15, -0.1) is 0 Å². The highest BCUT2D eigenvalue weighted by molar-refractivity contribution is 6.41. The number of para-hydroxylation sites is 1. The fraction of sp³-hybridized carbons (Fsp3) is 0.400. The second-order valence-corrected chi connectivity index (χ2v) is 5.83. The van der Waals surface area contributed by atoms with Crippen LogP contribution in [0, 0.1) is 0 Å². The Kier molecular flexibility index (Phi) is 3.72. The summed E-state index contributed by atoms with van der Waals surface area (Å²) in [6.07, 6.45) is -0.0122. The lowest BCUT2D eigenvalue weighted by Crippen LogP contribution is -2.36.